The Morgan fingerprint density at radius 1 is 0.286 bits per heavy atom. The normalized spacial score (nSPS) is 11.6. The maximum absolute atomic E-state index is 2.33. The Labute approximate surface area is 182 Å². The molecule has 0 saturated carbocycles. The first-order valence-corrected chi connectivity index (χ1v) is 16.3. The molecule has 0 nitrogen and oxygen atoms in total. The van der Waals surface area contributed by atoms with Crippen LogP contribution in [0, 0.1) is 0 Å². The third-order valence-corrected chi connectivity index (χ3v) is 10.3. The van der Waals surface area contributed by atoms with Crippen LogP contribution in [0.15, 0.2) is 0 Å². The zero-order valence-corrected chi connectivity index (χ0v) is 21.7. The van der Waals surface area contributed by atoms with Gasteiger partial charge in [-0.2, -0.15) is 0 Å². The highest BCUT2D eigenvalue weighted by Gasteiger charge is 2.10. The van der Waals surface area contributed by atoms with Crippen LogP contribution in [0.1, 0.15) is 156 Å². The molecule has 0 amide bonds. The van der Waals surface area contributed by atoms with Gasteiger partial charge in [-0.15, -0.1) is 0 Å². The Bertz CT molecular complexity index is 247. The summed E-state index contributed by atoms with van der Waals surface area (Å²) in [6, 6.07) is 5.00. The minimum Gasteiger partial charge on any atom is -0.0654 e. The van der Waals surface area contributed by atoms with Crippen molar-refractivity contribution < 1.29 is 0 Å². The molecule has 0 fully saturated rings. The van der Waals surface area contributed by atoms with E-state index in [9.17, 15) is 0 Å². The summed E-state index contributed by atoms with van der Waals surface area (Å²) < 4.78 is 0. The molecule has 0 aliphatic rings. The largest absolute Gasteiger partial charge is 0.0654 e. The number of unbranched alkanes of at least 4 members (excludes halogenated alkanes) is 18. The second-order valence-corrected chi connectivity index (χ2v) is 13.1. The molecule has 0 aliphatic heterocycles. The van der Waals surface area contributed by atoms with Gasteiger partial charge in [-0.25, -0.2) is 0 Å². The van der Waals surface area contributed by atoms with E-state index in [1.807, 2.05) is 0 Å². The SMILES string of the molecule is CCCCCCCCCCC[SiH](CCCCCCCC)CCCCCCCC. The average molecular weight is 411 g/mol. The summed E-state index contributed by atoms with van der Waals surface area (Å²) >= 11 is 0. The smallest absolute Gasteiger partial charge is 0.0367 e. The van der Waals surface area contributed by atoms with Crippen molar-refractivity contribution in [2.75, 3.05) is 0 Å². The Hall–Kier alpha value is 0.217. The van der Waals surface area contributed by atoms with Gasteiger partial charge in [-0.05, 0) is 0 Å². The Morgan fingerprint density at radius 3 is 0.750 bits per heavy atom. The van der Waals surface area contributed by atoms with E-state index in [4.69, 9.17) is 0 Å². The monoisotopic (exact) mass is 410 g/mol. The van der Waals surface area contributed by atoms with E-state index in [0.717, 1.165) is 0 Å². The third-order valence-electron chi connectivity index (χ3n) is 6.65. The standard InChI is InChI=1S/C27H58Si/c1-4-7-10-13-16-17-18-21-24-27-28(25-22-19-14-11-8-5-2)26-23-20-15-12-9-6-3/h28H,4-27H2,1-3H3. The molecule has 0 unspecified atom stereocenters. The summed E-state index contributed by atoms with van der Waals surface area (Å²) in [6.45, 7) is 6.97. The molecule has 0 saturated heterocycles. The molecular weight excluding hydrogens is 352 g/mol. The van der Waals surface area contributed by atoms with Gasteiger partial charge in [0.05, 0.1) is 0 Å². The summed E-state index contributed by atoms with van der Waals surface area (Å²) in [5.41, 5.74) is 0. The molecule has 0 N–H and O–H groups in total. The predicted octanol–water partition coefficient (Wildman–Crippen LogP) is 10.5. The second-order valence-electron chi connectivity index (χ2n) is 9.60. The lowest BCUT2D eigenvalue weighted by Crippen LogP contribution is -2.12. The first-order chi connectivity index (χ1) is 13.8. The molecule has 0 atom stereocenters. The van der Waals surface area contributed by atoms with E-state index < -0.39 is 8.80 Å². The van der Waals surface area contributed by atoms with Crippen molar-refractivity contribution >= 4 is 8.80 Å². The molecule has 1 heteroatoms. The number of hydrogen-bond acceptors (Lipinski definition) is 0. The fourth-order valence-electron chi connectivity index (χ4n) is 4.60. The van der Waals surface area contributed by atoms with Crippen molar-refractivity contribution in [3.05, 3.63) is 0 Å². The fourth-order valence-corrected chi connectivity index (χ4v) is 8.07. The van der Waals surface area contributed by atoms with Crippen LogP contribution in [0.25, 0.3) is 0 Å². The zero-order chi connectivity index (χ0) is 20.5. The molecule has 0 aliphatic carbocycles. The van der Waals surface area contributed by atoms with Crippen molar-refractivity contribution in [1.29, 1.82) is 0 Å². The van der Waals surface area contributed by atoms with Gasteiger partial charge in [0.25, 0.3) is 0 Å². The molecular formula is C27H58Si. The van der Waals surface area contributed by atoms with Crippen molar-refractivity contribution in [2.45, 2.75) is 174 Å². The van der Waals surface area contributed by atoms with Gasteiger partial charge in [-0.1, -0.05) is 174 Å². The molecule has 0 heterocycles. The maximum atomic E-state index is 2.33. The number of rotatable bonds is 24. The van der Waals surface area contributed by atoms with Crippen LogP contribution < -0.4 is 0 Å². The highest BCUT2D eigenvalue weighted by atomic mass is 28.3. The van der Waals surface area contributed by atoms with Gasteiger partial charge < -0.3 is 0 Å². The van der Waals surface area contributed by atoms with Crippen LogP contribution in [-0.4, -0.2) is 8.80 Å². The summed E-state index contributed by atoms with van der Waals surface area (Å²) in [6.07, 6.45) is 31.2. The molecule has 0 aromatic rings. The first kappa shape index (κ1) is 28.2. The van der Waals surface area contributed by atoms with Crippen molar-refractivity contribution in [2.24, 2.45) is 0 Å². The van der Waals surface area contributed by atoms with E-state index in [-0.39, 0.29) is 0 Å². The highest BCUT2D eigenvalue weighted by molar-refractivity contribution is 6.58. The van der Waals surface area contributed by atoms with E-state index in [2.05, 4.69) is 20.8 Å². The van der Waals surface area contributed by atoms with Crippen LogP contribution in [0.3, 0.4) is 0 Å². The van der Waals surface area contributed by atoms with E-state index in [0.29, 0.717) is 0 Å². The summed E-state index contributed by atoms with van der Waals surface area (Å²) in [5.74, 6) is 0. The Kier molecular flexibility index (Phi) is 25.4. The zero-order valence-electron chi connectivity index (χ0n) is 20.5. The fraction of sp³-hybridized carbons (Fsp3) is 1.00. The minimum atomic E-state index is -0.426. The molecule has 0 spiro atoms. The van der Waals surface area contributed by atoms with Gasteiger partial charge in [0.15, 0.2) is 0 Å². The molecule has 0 aromatic heterocycles. The molecule has 0 bridgehead atoms. The quantitative estimate of drug-likeness (QED) is 0.110. The van der Waals surface area contributed by atoms with Crippen molar-refractivity contribution in [3.8, 4) is 0 Å². The van der Waals surface area contributed by atoms with Gasteiger partial charge in [0.1, 0.15) is 0 Å². The predicted molar refractivity (Wildman–Crippen MR) is 136 cm³/mol. The molecule has 28 heavy (non-hydrogen) atoms. The van der Waals surface area contributed by atoms with Gasteiger partial charge in [0.2, 0.25) is 0 Å². The maximum Gasteiger partial charge on any atom is 0.0367 e. The summed E-state index contributed by atoms with van der Waals surface area (Å²) in [4.78, 5) is 0. The first-order valence-electron chi connectivity index (χ1n) is 13.8. The summed E-state index contributed by atoms with van der Waals surface area (Å²) in [5, 5.41) is 0. The van der Waals surface area contributed by atoms with Crippen LogP contribution in [-0.2, 0) is 0 Å². The van der Waals surface area contributed by atoms with Crippen LogP contribution in [0.4, 0.5) is 0 Å². The lowest BCUT2D eigenvalue weighted by Gasteiger charge is -2.15. The third kappa shape index (κ3) is 22.5. The van der Waals surface area contributed by atoms with Gasteiger partial charge >= 0.3 is 0 Å². The lowest BCUT2D eigenvalue weighted by molar-refractivity contribution is 0.571. The van der Waals surface area contributed by atoms with Gasteiger partial charge in [-0.3, -0.25) is 0 Å². The number of hydrogen-bond donors (Lipinski definition) is 0. The van der Waals surface area contributed by atoms with E-state index in [1.165, 1.54) is 116 Å². The second kappa shape index (κ2) is 25.3. The summed E-state index contributed by atoms with van der Waals surface area (Å²) in [7, 11) is -0.426. The lowest BCUT2D eigenvalue weighted by atomic mass is 10.1. The highest BCUT2D eigenvalue weighted by Crippen LogP contribution is 2.20. The molecule has 0 radical (unpaired) electrons. The Morgan fingerprint density at radius 2 is 0.500 bits per heavy atom. The molecule has 0 rings (SSSR count). The molecule has 0 aromatic carbocycles. The van der Waals surface area contributed by atoms with E-state index >= 15 is 0 Å². The topological polar surface area (TPSA) is 0 Å². The van der Waals surface area contributed by atoms with Crippen LogP contribution in [0.2, 0.25) is 18.1 Å². The van der Waals surface area contributed by atoms with E-state index in [1.54, 1.807) is 37.4 Å². The Balaban J connectivity index is 3.76. The van der Waals surface area contributed by atoms with Crippen LogP contribution in [0.5, 0.6) is 0 Å². The van der Waals surface area contributed by atoms with Crippen molar-refractivity contribution in [1.82, 2.24) is 0 Å². The van der Waals surface area contributed by atoms with Gasteiger partial charge in [0, 0.05) is 8.80 Å². The minimum absolute atomic E-state index is 0.426. The van der Waals surface area contributed by atoms with Crippen molar-refractivity contribution in [3.63, 3.8) is 0 Å². The average Bonchev–Trinajstić information content (AvgIpc) is 2.71. The van der Waals surface area contributed by atoms with Crippen LogP contribution >= 0.6 is 0 Å². The molecule has 170 valence electrons.